The number of hydrogen-bond donors (Lipinski definition) is 1. The van der Waals surface area contributed by atoms with Gasteiger partial charge in [-0.25, -0.2) is 8.78 Å². The Morgan fingerprint density at radius 1 is 1.05 bits per heavy atom. The Balaban J connectivity index is 2.29. The lowest BCUT2D eigenvalue weighted by molar-refractivity contribution is 0.596. The predicted molar refractivity (Wildman–Crippen MR) is 79.7 cm³/mol. The van der Waals surface area contributed by atoms with Gasteiger partial charge in [-0.15, -0.1) is 11.8 Å². The van der Waals surface area contributed by atoms with Gasteiger partial charge in [0.15, 0.2) is 0 Å². The lowest BCUT2D eigenvalue weighted by Crippen LogP contribution is -2.25. The predicted octanol–water partition coefficient (Wildman–Crippen LogP) is 4.54. The lowest BCUT2D eigenvalue weighted by atomic mass is 10.0. The van der Waals surface area contributed by atoms with Gasteiger partial charge in [0, 0.05) is 16.2 Å². The van der Waals surface area contributed by atoms with Crippen LogP contribution >= 0.6 is 11.8 Å². The minimum absolute atomic E-state index is 0.0995. The van der Waals surface area contributed by atoms with Gasteiger partial charge in [-0.1, -0.05) is 31.2 Å². The number of halogens is 2. The van der Waals surface area contributed by atoms with Gasteiger partial charge in [0.25, 0.3) is 0 Å². The summed E-state index contributed by atoms with van der Waals surface area (Å²) in [6, 6.07) is 12.7. The van der Waals surface area contributed by atoms with Gasteiger partial charge in [-0.2, -0.15) is 0 Å². The Labute approximate surface area is 122 Å². The van der Waals surface area contributed by atoms with E-state index in [1.165, 1.54) is 30.0 Å². The van der Waals surface area contributed by atoms with Crippen LogP contribution < -0.4 is 5.73 Å². The molecule has 1 nitrogen and oxygen atoms in total. The summed E-state index contributed by atoms with van der Waals surface area (Å²) in [6.45, 7) is 1.99. The van der Waals surface area contributed by atoms with E-state index in [9.17, 15) is 8.78 Å². The highest BCUT2D eigenvalue weighted by atomic mass is 32.2. The largest absolute Gasteiger partial charge is 0.326 e. The van der Waals surface area contributed by atoms with Gasteiger partial charge < -0.3 is 5.73 Å². The molecule has 0 radical (unpaired) electrons. The molecule has 2 aromatic carbocycles. The molecule has 0 aromatic heterocycles. The first kappa shape index (κ1) is 15.0. The summed E-state index contributed by atoms with van der Waals surface area (Å²) in [4.78, 5) is 0.561. The van der Waals surface area contributed by atoms with Gasteiger partial charge in [-0.3, -0.25) is 0 Å². The highest BCUT2D eigenvalue weighted by Gasteiger charge is 2.21. The van der Waals surface area contributed by atoms with Crippen molar-refractivity contribution in [1.82, 2.24) is 0 Å². The molecule has 0 saturated carbocycles. The van der Waals surface area contributed by atoms with E-state index in [0.29, 0.717) is 4.90 Å². The topological polar surface area (TPSA) is 26.0 Å². The fourth-order valence-electron chi connectivity index (χ4n) is 1.95. The molecular formula is C16H17F2NS. The van der Waals surface area contributed by atoms with E-state index in [1.807, 2.05) is 6.92 Å². The first-order valence-corrected chi connectivity index (χ1v) is 7.42. The van der Waals surface area contributed by atoms with Crippen LogP contribution in [0.2, 0.25) is 0 Å². The Morgan fingerprint density at radius 3 is 2.30 bits per heavy atom. The normalized spacial score (nSPS) is 14.0. The molecule has 0 aliphatic heterocycles. The van der Waals surface area contributed by atoms with Gasteiger partial charge in [0.1, 0.15) is 11.6 Å². The van der Waals surface area contributed by atoms with Crippen LogP contribution in [0.3, 0.4) is 0 Å². The van der Waals surface area contributed by atoms with Crippen LogP contribution in [0.15, 0.2) is 53.4 Å². The molecule has 20 heavy (non-hydrogen) atoms. The Morgan fingerprint density at radius 2 is 1.70 bits per heavy atom. The van der Waals surface area contributed by atoms with Crippen molar-refractivity contribution >= 4 is 11.8 Å². The fourth-order valence-corrected chi connectivity index (χ4v) is 3.22. The molecule has 2 rings (SSSR count). The maximum atomic E-state index is 13.8. The van der Waals surface area contributed by atoms with Crippen molar-refractivity contribution in [2.75, 3.05) is 0 Å². The number of rotatable bonds is 5. The molecule has 2 aromatic rings. The van der Waals surface area contributed by atoms with Gasteiger partial charge in [-0.05, 0) is 36.2 Å². The van der Waals surface area contributed by atoms with Crippen LogP contribution in [-0.2, 0) is 0 Å². The molecular weight excluding hydrogens is 276 g/mol. The summed E-state index contributed by atoms with van der Waals surface area (Å²) in [7, 11) is 0. The van der Waals surface area contributed by atoms with E-state index in [2.05, 4.69) is 0 Å². The minimum Gasteiger partial charge on any atom is -0.326 e. The zero-order valence-electron chi connectivity index (χ0n) is 11.2. The van der Waals surface area contributed by atoms with Crippen molar-refractivity contribution in [3.63, 3.8) is 0 Å². The van der Waals surface area contributed by atoms with E-state index in [1.54, 1.807) is 30.3 Å². The molecule has 0 aliphatic carbocycles. The summed E-state index contributed by atoms with van der Waals surface area (Å²) < 4.78 is 26.8. The van der Waals surface area contributed by atoms with Gasteiger partial charge >= 0.3 is 0 Å². The molecule has 0 spiro atoms. The summed E-state index contributed by atoms with van der Waals surface area (Å²) in [5.41, 5.74) is 7.06. The molecule has 4 heteroatoms. The number of hydrogen-bond acceptors (Lipinski definition) is 2. The molecule has 106 valence electrons. The third-order valence-corrected chi connectivity index (χ3v) is 4.61. The smallest absolute Gasteiger partial charge is 0.136 e. The van der Waals surface area contributed by atoms with Crippen LogP contribution in [0.4, 0.5) is 8.78 Å². The SMILES string of the molecule is CCC(N)C(Sc1ccccc1F)c1ccc(F)cc1. The highest BCUT2D eigenvalue weighted by molar-refractivity contribution is 7.99. The van der Waals surface area contributed by atoms with Crippen LogP contribution in [0, 0.1) is 11.6 Å². The summed E-state index contributed by atoms with van der Waals surface area (Å²) in [5, 5.41) is -0.0995. The second-order valence-electron chi connectivity index (χ2n) is 4.59. The van der Waals surface area contributed by atoms with Crippen molar-refractivity contribution in [1.29, 1.82) is 0 Å². The van der Waals surface area contributed by atoms with E-state index in [4.69, 9.17) is 5.73 Å². The third kappa shape index (κ3) is 3.58. The monoisotopic (exact) mass is 293 g/mol. The number of benzene rings is 2. The average Bonchev–Trinajstić information content (AvgIpc) is 2.47. The molecule has 0 aliphatic rings. The van der Waals surface area contributed by atoms with E-state index >= 15 is 0 Å². The van der Waals surface area contributed by atoms with Crippen molar-refractivity contribution in [2.45, 2.75) is 29.5 Å². The number of nitrogens with two attached hydrogens (primary N) is 1. The summed E-state index contributed by atoms with van der Waals surface area (Å²) >= 11 is 1.38. The molecule has 2 atom stereocenters. The zero-order valence-corrected chi connectivity index (χ0v) is 12.0. The quantitative estimate of drug-likeness (QED) is 0.819. The zero-order chi connectivity index (χ0) is 14.5. The second-order valence-corrected chi connectivity index (χ2v) is 5.78. The van der Waals surface area contributed by atoms with Crippen LogP contribution in [-0.4, -0.2) is 6.04 Å². The molecule has 0 amide bonds. The maximum Gasteiger partial charge on any atom is 0.136 e. The van der Waals surface area contributed by atoms with E-state index < -0.39 is 0 Å². The molecule has 0 fully saturated rings. The summed E-state index contributed by atoms with van der Waals surface area (Å²) in [5.74, 6) is -0.540. The highest BCUT2D eigenvalue weighted by Crippen LogP contribution is 2.39. The van der Waals surface area contributed by atoms with Gasteiger partial charge in [0.2, 0.25) is 0 Å². The average molecular weight is 293 g/mol. The van der Waals surface area contributed by atoms with E-state index in [0.717, 1.165) is 12.0 Å². The molecule has 2 N–H and O–H groups in total. The summed E-state index contributed by atoms with van der Waals surface area (Å²) in [6.07, 6.45) is 0.767. The van der Waals surface area contributed by atoms with Crippen LogP contribution in [0.1, 0.15) is 24.2 Å². The van der Waals surface area contributed by atoms with Crippen molar-refractivity contribution in [3.05, 3.63) is 65.7 Å². The van der Waals surface area contributed by atoms with Crippen LogP contribution in [0.5, 0.6) is 0 Å². The molecule has 0 heterocycles. The van der Waals surface area contributed by atoms with E-state index in [-0.39, 0.29) is 22.9 Å². The molecule has 2 unspecified atom stereocenters. The Kier molecular flexibility index (Phi) is 5.15. The van der Waals surface area contributed by atoms with Crippen LogP contribution in [0.25, 0.3) is 0 Å². The molecule has 0 saturated heterocycles. The minimum atomic E-state index is -0.284. The number of thioether (sulfide) groups is 1. The Hall–Kier alpha value is -1.39. The lowest BCUT2D eigenvalue weighted by Gasteiger charge is -2.23. The fraction of sp³-hybridized carbons (Fsp3) is 0.250. The van der Waals surface area contributed by atoms with Gasteiger partial charge in [0.05, 0.1) is 0 Å². The van der Waals surface area contributed by atoms with Crippen molar-refractivity contribution in [2.24, 2.45) is 5.73 Å². The van der Waals surface area contributed by atoms with Crippen molar-refractivity contribution < 1.29 is 8.78 Å². The third-order valence-electron chi connectivity index (χ3n) is 3.15. The Bertz CT molecular complexity index is 557. The maximum absolute atomic E-state index is 13.8. The second kappa shape index (κ2) is 6.86. The first-order chi connectivity index (χ1) is 9.61. The standard InChI is InChI=1S/C16H17F2NS/c1-2-14(19)16(11-7-9-12(17)10-8-11)20-15-6-4-3-5-13(15)18/h3-10,14,16H,2,19H2,1H3. The molecule has 0 bridgehead atoms. The first-order valence-electron chi connectivity index (χ1n) is 6.54. The van der Waals surface area contributed by atoms with Crippen molar-refractivity contribution in [3.8, 4) is 0 Å².